The second-order valence-corrected chi connectivity index (χ2v) is 4.34. The van der Waals surface area contributed by atoms with Crippen LogP contribution in [-0.4, -0.2) is 15.9 Å². The van der Waals surface area contributed by atoms with Crippen molar-refractivity contribution in [2.45, 2.75) is 13.3 Å². The van der Waals surface area contributed by atoms with Crippen LogP contribution in [0.5, 0.6) is 0 Å². The highest BCUT2D eigenvalue weighted by Crippen LogP contribution is 2.33. The Kier molecular flexibility index (Phi) is 2.67. The Morgan fingerprint density at radius 3 is 3.00 bits per heavy atom. The number of amides is 1. The summed E-state index contributed by atoms with van der Waals surface area (Å²) in [5.74, 6) is 0.262. The highest BCUT2D eigenvalue weighted by molar-refractivity contribution is 6.34. The number of carbonyl (C=O) groups is 1. The van der Waals surface area contributed by atoms with Crippen molar-refractivity contribution in [3.63, 3.8) is 0 Å². The summed E-state index contributed by atoms with van der Waals surface area (Å²) in [6.45, 7) is 1.99. The SMILES string of the molecule is CCc1ncc(/C=C2\C(=O)Nc3ccc(F)cc32)[nH]1. The molecule has 2 heterocycles. The van der Waals surface area contributed by atoms with Gasteiger partial charge in [0.1, 0.15) is 11.6 Å². The van der Waals surface area contributed by atoms with Gasteiger partial charge in [0.2, 0.25) is 0 Å². The number of halogens is 1. The number of nitrogens with zero attached hydrogens (tertiary/aromatic N) is 1. The summed E-state index contributed by atoms with van der Waals surface area (Å²) in [5.41, 5.74) is 2.39. The fourth-order valence-electron chi connectivity index (χ4n) is 2.09. The molecule has 5 heteroatoms. The molecule has 4 nitrogen and oxygen atoms in total. The van der Waals surface area contributed by atoms with E-state index in [1.54, 1.807) is 18.3 Å². The predicted octanol–water partition coefficient (Wildman–Crippen LogP) is 2.60. The Bertz CT molecular complexity index is 688. The van der Waals surface area contributed by atoms with Crippen LogP contribution in [0.4, 0.5) is 10.1 Å². The van der Waals surface area contributed by atoms with E-state index >= 15 is 0 Å². The number of aromatic amines is 1. The topological polar surface area (TPSA) is 57.8 Å². The molecule has 0 bridgehead atoms. The summed E-state index contributed by atoms with van der Waals surface area (Å²) < 4.78 is 13.3. The van der Waals surface area contributed by atoms with E-state index in [2.05, 4.69) is 15.3 Å². The zero-order valence-electron chi connectivity index (χ0n) is 10.3. The number of H-pyrrole nitrogens is 1. The third-order valence-corrected chi connectivity index (χ3v) is 3.05. The highest BCUT2D eigenvalue weighted by Gasteiger charge is 2.24. The normalized spacial score (nSPS) is 15.7. The lowest BCUT2D eigenvalue weighted by Crippen LogP contribution is -2.03. The average Bonchev–Trinajstić information content (AvgIpc) is 2.96. The Balaban J connectivity index is 2.06. The monoisotopic (exact) mass is 257 g/mol. The van der Waals surface area contributed by atoms with Crippen molar-refractivity contribution in [3.8, 4) is 0 Å². The van der Waals surface area contributed by atoms with E-state index in [-0.39, 0.29) is 11.7 Å². The molecule has 1 aromatic carbocycles. The van der Waals surface area contributed by atoms with Gasteiger partial charge in [0.25, 0.3) is 5.91 Å². The van der Waals surface area contributed by atoms with Crippen LogP contribution < -0.4 is 5.32 Å². The first-order valence-corrected chi connectivity index (χ1v) is 6.04. The van der Waals surface area contributed by atoms with Crippen molar-refractivity contribution >= 4 is 23.2 Å². The van der Waals surface area contributed by atoms with Gasteiger partial charge in [-0.15, -0.1) is 0 Å². The lowest BCUT2D eigenvalue weighted by molar-refractivity contribution is -0.110. The second kappa shape index (κ2) is 4.35. The number of anilines is 1. The highest BCUT2D eigenvalue weighted by atomic mass is 19.1. The number of imidazole rings is 1. The second-order valence-electron chi connectivity index (χ2n) is 4.34. The molecule has 1 amide bonds. The van der Waals surface area contributed by atoms with Gasteiger partial charge in [-0.25, -0.2) is 9.37 Å². The van der Waals surface area contributed by atoms with E-state index in [9.17, 15) is 9.18 Å². The molecule has 0 aliphatic carbocycles. The van der Waals surface area contributed by atoms with Gasteiger partial charge in [-0.1, -0.05) is 6.92 Å². The summed E-state index contributed by atoms with van der Waals surface area (Å²) >= 11 is 0. The van der Waals surface area contributed by atoms with Crippen LogP contribution >= 0.6 is 0 Å². The maximum absolute atomic E-state index is 13.3. The summed E-state index contributed by atoms with van der Waals surface area (Å²) in [5, 5.41) is 2.71. The van der Waals surface area contributed by atoms with Crippen molar-refractivity contribution < 1.29 is 9.18 Å². The van der Waals surface area contributed by atoms with E-state index < -0.39 is 0 Å². The van der Waals surface area contributed by atoms with Crippen molar-refractivity contribution in [2.75, 3.05) is 5.32 Å². The number of nitrogens with one attached hydrogen (secondary N) is 2. The van der Waals surface area contributed by atoms with Gasteiger partial charge in [0.15, 0.2) is 0 Å². The Labute approximate surface area is 109 Å². The van der Waals surface area contributed by atoms with Gasteiger partial charge in [-0.05, 0) is 24.3 Å². The van der Waals surface area contributed by atoms with E-state index in [0.717, 1.165) is 17.9 Å². The number of fused-ring (bicyclic) bond motifs is 1. The number of benzene rings is 1. The molecule has 0 unspecified atom stereocenters. The number of rotatable bonds is 2. The van der Waals surface area contributed by atoms with Crippen molar-refractivity contribution in [2.24, 2.45) is 0 Å². The number of aromatic nitrogens is 2. The molecule has 0 atom stereocenters. The Hall–Kier alpha value is -2.43. The minimum Gasteiger partial charge on any atom is -0.342 e. The lowest BCUT2D eigenvalue weighted by Gasteiger charge is -1.97. The van der Waals surface area contributed by atoms with Crippen molar-refractivity contribution in [3.05, 3.63) is 47.3 Å². The van der Waals surface area contributed by atoms with Crippen LogP contribution in [0.2, 0.25) is 0 Å². The van der Waals surface area contributed by atoms with E-state index in [4.69, 9.17) is 0 Å². The minimum atomic E-state index is -0.361. The van der Waals surface area contributed by atoms with Crippen LogP contribution in [0, 0.1) is 5.82 Å². The molecular weight excluding hydrogens is 245 g/mol. The summed E-state index contributed by atoms with van der Waals surface area (Å²) in [6, 6.07) is 4.25. The van der Waals surface area contributed by atoms with Gasteiger partial charge < -0.3 is 10.3 Å². The molecule has 0 saturated carbocycles. The van der Waals surface area contributed by atoms with E-state index in [0.29, 0.717) is 16.8 Å². The Morgan fingerprint density at radius 2 is 2.26 bits per heavy atom. The van der Waals surface area contributed by atoms with E-state index in [1.165, 1.54) is 12.1 Å². The summed E-state index contributed by atoms with van der Waals surface area (Å²) in [7, 11) is 0. The first kappa shape index (κ1) is 11.6. The molecule has 0 radical (unpaired) electrons. The van der Waals surface area contributed by atoms with Gasteiger partial charge >= 0.3 is 0 Å². The number of carbonyl (C=O) groups excluding carboxylic acids is 1. The number of hydrogen-bond donors (Lipinski definition) is 2. The van der Waals surface area contributed by atoms with E-state index in [1.807, 2.05) is 6.92 Å². The maximum atomic E-state index is 13.3. The van der Waals surface area contributed by atoms with Crippen LogP contribution in [0.3, 0.4) is 0 Å². The molecule has 1 aromatic heterocycles. The van der Waals surface area contributed by atoms with Gasteiger partial charge in [-0.3, -0.25) is 4.79 Å². The fraction of sp³-hybridized carbons (Fsp3) is 0.143. The maximum Gasteiger partial charge on any atom is 0.256 e. The molecule has 19 heavy (non-hydrogen) atoms. The summed E-state index contributed by atoms with van der Waals surface area (Å²) in [6.07, 6.45) is 4.14. The minimum absolute atomic E-state index is 0.228. The molecule has 96 valence electrons. The zero-order chi connectivity index (χ0) is 13.4. The van der Waals surface area contributed by atoms with Crippen LogP contribution in [-0.2, 0) is 11.2 Å². The average molecular weight is 257 g/mol. The first-order valence-electron chi connectivity index (χ1n) is 6.04. The number of aryl methyl sites for hydroxylation is 1. The largest absolute Gasteiger partial charge is 0.342 e. The quantitative estimate of drug-likeness (QED) is 0.812. The van der Waals surface area contributed by atoms with Crippen LogP contribution in [0.1, 0.15) is 24.0 Å². The van der Waals surface area contributed by atoms with Crippen molar-refractivity contribution in [1.29, 1.82) is 0 Å². The van der Waals surface area contributed by atoms with Crippen LogP contribution in [0.15, 0.2) is 24.4 Å². The zero-order valence-corrected chi connectivity index (χ0v) is 10.3. The molecule has 1 aliphatic rings. The summed E-state index contributed by atoms with van der Waals surface area (Å²) in [4.78, 5) is 19.2. The van der Waals surface area contributed by atoms with Gasteiger partial charge in [-0.2, -0.15) is 0 Å². The molecule has 2 aromatic rings. The third kappa shape index (κ3) is 2.03. The molecule has 0 saturated heterocycles. The molecule has 1 aliphatic heterocycles. The predicted molar refractivity (Wildman–Crippen MR) is 70.9 cm³/mol. The van der Waals surface area contributed by atoms with Crippen molar-refractivity contribution in [1.82, 2.24) is 9.97 Å². The van der Waals surface area contributed by atoms with Crippen LogP contribution in [0.25, 0.3) is 11.6 Å². The molecule has 3 rings (SSSR count). The first-order chi connectivity index (χ1) is 9.17. The van der Waals surface area contributed by atoms with Gasteiger partial charge in [0.05, 0.1) is 17.5 Å². The molecular formula is C14H12FN3O. The number of hydrogen-bond acceptors (Lipinski definition) is 2. The smallest absolute Gasteiger partial charge is 0.256 e. The van der Waals surface area contributed by atoms with Gasteiger partial charge in [0, 0.05) is 17.7 Å². The molecule has 2 N–H and O–H groups in total. The fourth-order valence-corrected chi connectivity index (χ4v) is 2.09. The standard InChI is InChI=1S/C14H12FN3O/c1-2-13-16-7-9(17-13)6-11-10-5-8(15)3-4-12(10)18-14(11)19/h3-7H,2H2,1H3,(H,16,17)(H,18,19)/b11-6-. The molecule has 0 fully saturated rings. The third-order valence-electron chi connectivity index (χ3n) is 3.05. The molecule has 0 spiro atoms. The lowest BCUT2D eigenvalue weighted by atomic mass is 10.1. The Morgan fingerprint density at radius 1 is 1.42 bits per heavy atom.